The third-order valence-electron chi connectivity index (χ3n) is 9.22. The molecule has 0 amide bonds. The number of dihydropyridines is 1. The van der Waals surface area contributed by atoms with Gasteiger partial charge >= 0.3 is 0 Å². The summed E-state index contributed by atoms with van der Waals surface area (Å²) in [6, 6.07) is 42.4. The van der Waals surface area contributed by atoms with Gasteiger partial charge in [-0.25, -0.2) is 0 Å². The first-order valence-electron chi connectivity index (χ1n) is 16.7. The Balaban J connectivity index is 1.15. The number of nitrogens with one attached hydrogen (secondary N) is 1. The molecule has 1 heterocycles. The van der Waals surface area contributed by atoms with Gasteiger partial charge in [0.05, 0.1) is 11.4 Å². The molecule has 0 bridgehead atoms. The average molecular weight is 609 g/mol. The van der Waals surface area contributed by atoms with Crippen molar-refractivity contribution in [1.29, 1.82) is 0 Å². The van der Waals surface area contributed by atoms with E-state index in [0.717, 1.165) is 42.9 Å². The summed E-state index contributed by atoms with van der Waals surface area (Å²) >= 11 is 0. The Kier molecular flexibility index (Phi) is 8.66. The first-order chi connectivity index (χ1) is 23.1. The Labute approximate surface area is 278 Å². The standard InChI is InChI=1S/C45H40N2/c1-4-11-40(47-31(3)45-33(5-2)14-10-27-46-45)25-18-32-17-19-37-29-39(23-22-36(37)28-32)41-15-9-16-42-43(41)26-24-35-20-21-38(30-44(35)42)34-12-7-6-8-13-34/h4,6-17,19-24,26,28-30,46H,3,5,18,25,27H2,1-2H3/b11-4-,47-40?. The summed E-state index contributed by atoms with van der Waals surface area (Å²) in [6.45, 7) is 9.34. The molecule has 1 aliphatic rings. The number of rotatable bonds is 9. The van der Waals surface area contributed by atoms with Crippen LogP contribution in [0.3, 0.4) is 0 Å². The molecule has 0 unspecified atom stereocenters. The van der Waals surface area contributed by atoms with Gasteiger partial charge in [0.15, 0.2) is 0 Å². The molecule has 0 spiro atoms. The fourth-order valence-electron chi connectivity index (χ4n) is 6.78. The predicted molar refractivity (Wildman–Crippen MR) is 204 cm³/mol. The fraction of sp³-hybridized carbons (Fsp3) is 0.133. The number of hydrogen-bond acceptors (Lipinski definition) is 2. The van der Waals surface area contributed by atoms with Gasteiger partial charge in [-0.05, 0) is 110 Å². The van der Waals surface area contributed by atoms with Gasteiger partial charge in [0.1, 0.15) is 0 Å². The SMILES string of the molecule is C=C(N=C(/C=C\C)CCc1ccc2cc(-c3cccc4c3ccc3ccc(-c5ccccc5)cc34)ccc2c1)C1=C(CC)C=CCN1. The molecule has 0 saturated heterocycles. The summed E-state index contributed by atoms with van der Waals surface area (Å²) in [4.78, 5) is 4.96. The summed E-state index contributed by atoms with van der Waals surface area (Å²) < 4.78 is 0. The smallest absolute Gasteiger partial charge is 0.0795 e. The minimum Gasteiger partial charge on any atom is -0.380 e. The van der Waals surface area contributed by atoms with Crippen LogP contribution in [0.2, 0.25) is 0 Å². The van der Waals surface area contributed by atoms with E-state index in [1.807, 2.05) is 6.92 Å². The van der Waals surface area contributed by atoms with Crippen molar-refractivity contribution >= 4 is 38.0 Å². The van der Waals surface area contributed by atoms with Crippen molar-refractivity contribution in [1.82, 2.24) is 5.32 Å². The van der Waals surface area contributed by atoms with Gasteiger partial charge in [0, 0.05) is 12.3 Å². The number of nitrogens with zero attached hydrogens (tertiary/aromatic N) is 1. The molecule has 1 N–H and O–H groups in total. The van der Waals surface area contributed by atoms with Crippen LogP contribution in [0.1, 0.15) is 32.3 Å². The van der Waals surface area contributed by atoms with Crippen LogP contribution in [-0.2, 0) is 6.42 Å². The Hall–Kier alpha value is -5.47. The maximum absolute atomic E-state index is 4.96. The molecule has 0 radical (unpaired) electrons. The fourth-order valence-corrected chi connectivity index (χ4v) is 6.78. The van der Waals surface area contributed by atoms with Gasteiger partial charge in [-0.15, -0.1) is 0 Å². The van der Waals surface area contributed by atoms with Crippen LogP contribution in [0, 0.1) is 0 Å². The maximum Gasteiger partial charge on any atom is 0.0795 e. The molecule has 7 rings (SSSR count). The van der Waals surface area contributed by atoms with Gasteiger partial charge < -0.3 is 5.32 Å². The molecule has 47 heavy (non-hydrogen) atoms. The summed E-state index contributed by atoms with van der Waals surface area (Å²) in [6.07, 6.45) is 11.2. The van der Waals surface area contributed by atoms with Crippen molar-refractivity contribution in [2.24, 2.45) is 4.99 Å². The van der Waals surface area contributed by atoms with E-state index in [1.165, 1.54) is 65.7 Å². The minimum atomic E-state index is 0.809. The molecule has 0 saturated carbocycles. The van der Waals surface area contributed by atoms with E-state index in [0.29, 0.717) is 0 Å². The molecule has 230 valence electrons. The van der Waals surface area contributed by atoms with E-state index >= 15 is 0 Å². The zero-order chi connectivity index (χ0) is 32.2. The van der Waals surface area contributed by atoms with E-state index in [2.05, 4.69) is 158 Å². The Bertz CT molecular complexity index is 2250. The molecule has 1 aliphatic heterocycles. The number of hydrogen-bond donors (Lipinski definition) is 1. The highest BCUT2D eigenvalue weighted by Gasteiger charge is 2.12. The van der Waals surface area contributed by atoms with Gasteiger partial charge in [0.25, 0.3) is 0 Å². The van der Waals surface area contributed by atoms with Crippen molar-refractivity contribution in [2.75, 3.05) is 6.54 Å². The zero-order valence-electron chi connectivity index (χ0n) is 27.3. The van der Waals surface area contributed by atoms with Gasteiger partial charge in [-0.1, -0.05) is 135 Å². The third kappa shape index (κ3) is 6.33. The topological polar surface area (TPSA) is 24.4 Å². The first-order valence-corrected chi connectivity index (χ1v) is 16.7. The quantitative estimate of drug-likeness (QED) is 0.128. The van der Waals surface area contributed by atoms with Crippen molar-refractivity contribution in [2.45, 2.75) is 33.1 Å². The largest absolute Gasteiger partial charge is 0.380 e. The Morgan fingerprint density at radius 1 is 0.745 bits per heavy atom. The number of allylic oxidation sites excluding steroid dienone is 4. The van der Waals surface area contributed by atoms with E-state index < -0.39 is 0 Å². The van der Waals surface area contributed by atoms with Crippen molar-refractivity contribution in [3.8, 4) is 22.3 Å². The summed E-state index contributed by atoms with van der Waals surface area (Å²) in [5.74, 6) is 0. The van der Waals surface area contributed by atoms with E-state index in [1.54, 1.807) is 0 Å². The summed E-state index contributed by atoms with van der Waals surface area (Å²) in [7, 11) is 0. The molecule has 2 nitrogen and oxygen atoms in total. The highest BCUT2D eigenvalue weighted by atomic mass is 14.9. The molecule has 0 atom stereocenters. The summed E-state index contributed by atoms with van der Waals surface area (Å²) in [5.41, 5.74) is 10.5. The lowest BCUT2D eigenvalue weighted by molar-refractivity contribution is 0.858. The van der Waals surface area contributed by atoms with Crippen LogP contribution < -0.4 is 5.32 Å². The van der Waals surface area contributed by atoms with Crippen LogP contribution in [0.5, 0.6) is 0 Å². The molecule has 0 aliphatic carbocycles. The number of aliphatic imine (C=N–C) groups is 1. The number of benzene rings is 6. The molecule has 0 aromatic heterocycles. The highest BCUT2D eigenvalue weighted by Crippen LogP contribution is 2.36. The van der Waals surface area contributed by atoms with Crippen molar-refractivity contribution < 1.29 is 0 Å². The first kappa shape index (κ1) is 30.2. The van der Waals surface area contributed by atoms with Crippen molar-refractivity contribution in [3.63, 3.8) is 0 Å². The second-order valence-corrected chi connectivity index (χ2v) is 12.3. The lowest BCUT2D eigenvalue weighted by Gasteiger charge is -2.17. The Morgan fingerprint density at radius 2 is 1.53 bits per heavy atom. The van der Waals surface area contributed by atoms with Crippen LogP contribution >= 0.6 is 0 Å². The van der Waals surface area contributed by atoms with Crippen LogP contribution in [0.15, 0.2) is 168 Å². The van der Waals surface area contributed by atoms with Gasteiger partial charge in [-0.3, -0.25) is 4.99 Å². The molecule has 2 heteroatoms. The number of fused-ring (bicyclic) bond motifs is 4. The van der Waals surface area contributed by atoms with Gasteiger partial charge in [-0.2, -0.15) is 0 Å². The minimum absolute atomic E-state index is 0.809. The molecular formula is C45H40N2. The average Bonchev–Trinajstić information content (AvgIpc) is 3.13. The van der Waals surface area contributed by atoms with E-state index in [9.17, 15) is 0 Å². The molecule has 0 fully saturated rings. The maximum atomic E-state index is 4.96. The molecule has 6 aromatic rings. The second kappa shape index (κ2) is 13.5. The third-order valence-corrected chi connectivity index (χ3v) is 9.22. The number of aryl methyl sites for hydroxylation is 1. The second-order valence-electron chi connectivity index (χ2n) is 12.3. The van der Waals surface area contributed by atoms with Crippen molar-refractivity contribution in [3.05, 3.63) is 169 Å². The van der Waals surface area contributed by atoms with Crippen LogP contribution in [0.4, 0.5) is 0 Å². The van der Waals surface area contributed by atoms with Crippen LogP contribution in [-0.4, -0.2) is 12.3 Å². The zero-order valence-corrected chi connectivity index (χ0v) is 27.3. The monoisotopic (exact) mass is 608 g/mol. The Morgan fingerprint density at radius 3 is 2.38 bits per heavy atom. The normalized spacial score (nSPS) is 13.6. The summed E-state index contributed by atoms with van der Waals surface area (Å²) in [5, 5.41) is 11.1. The van der Waals surface area contributed by atoms with E-state index in [4.69, 9.17) is 4.99 Å². The lowest BCUT2D eigenvalue weighted by Crippen LogP contribution is -2.19. The van der Waals surface area contributed by atoms with Gasteiger partial charge in [0.2, 0.25) is 0 Å². The predicted octanol–water partition coefficient (Wildman–Crippen LogP) is 11.8. The highest BCUT2D eigenvalue weighted by molar-refractivity contribution is 6.13. The van der Waals surface area contributed by atoms with Crippen LogP contribution in [0.25, 0.3) is 54.6 Å². The molecule has 6 aromatic carbocycles. The van der Waals surface area contributed by atoms with E-state index in [-0.39, 0.29) is 0 Å². The lowest BCUT2D eigenvalue weighted by atomic mass is 9.92. The molecular weight excluding hydrogens is 569 g/mol.